The molecule has 7 nitrogen and oxygen atoms in total. The highest BCUT2D eigenvalue weighted by atomic mass is 32.3. The smallest absolute Gasteiger partial charge is 0.351 e. The molecule has 10 heteroatoms. The first-order valence-electron chi connectivity index (χ1n) is 3.93. The first-order valence-corrected chi connectivity index (χ1v) is 6.96. The molecule has 16 heavy (non-hydrogen) atoms. The first kappa shape index (κ1) is 15.0. The average Bonchev–Trinajstić information content (AvgIpc) is 1.98. The van der Waals surface area contributed by atoms with Gasteiger partial charge in [-0.15, -0.1) is 0 Å². The third kappa shape index (κ3) is 7.31. The van der Waals surface area contributed by atoms with Crippen molar-refractivity contribution in [3.8, 4) is 0 Å². The number of sulfonamides is 1. The molecule has 0 fully saturated rings. The molecule has 1 amide bonds. The molecule has 0 atom stereocenters. The minimum absolute atomic E-state index is 0.170. The number of rotatable bonds is 6. The fourth-order valence-corrected chi connectivity index (χ4v) is 2.56. The molecule has 0 aliphatic carbocycles. The van der Waals surface area contributed by atoms with E-state index in [9.17, 15) is 25.5 Å². The second-order valence-corrected chi connectivity index (χ2v) is 6.06. The lowest BCUT2D eigenvalue weighted by atomic mass is 10.3. The van der Waals surface area contributed by atoms with Crippen LogP contribution >= 0.6 is 0 Å². The van der Waals surface area contributed by atoms with Crippen LogP contribution in [0.1, 0.15) is 6.92 Å². The van der Waals surface area contributed by atoms with Crippen molar-refractivity contribution in [1.82, 2.24) is 9.44 Å². The number of halogens is 1. The predicted molar refractivity (Wildman–Crippen MR) is 54.8 cm³/mol. The lowest BCUT2D eigenvalue weighted by Gasteiger charge is -2.04. The van der Waals surface area contributed by atoms with Gasteiger partial charge in [-0.1, -0.05) is 14.6 Å². The Balaban J connectivity index is 4.22. The van der Waals surface area contributed by atoms with Crippen molar-refractivity contribution in [2.24, 2.45) is 0 Å². The van der Waals surface area contributed by atoms with E-state index in [1.807, 2.05) is 0 Å². The number of carbonyl (C=O) groups is 1. The van der Waals surface area contributed by atoms with E-state index in [0.29, 0.717) is 0 Å². The number of carbonyl (C=O) groups excluding carboxylic acids is 1. The van der Waals surface area contributed by atoms with Crippen molar-refractivity contribution >= 4 is 26.3 Å². The fourth-order valence-electron chi connectivity index (χ4n) is 0.643. The van der Waals surface area contributed by atoms with Crippen LogP contribution in [0.25, 0.3) is 0 Å². The van der Waals surface area contributed by atoms with Crippen molar-refractivity contribution < 1.29 is 25.5 Å². The normalized spacial score (nSPS) is 12.1. The van der Waals surface area contributed by atoms with Crippen molar-refractivity contribution in [3.05, 3.63) is 12.2 Å². The molecule has 0 aromatic carbocycles. The van der Waals surface area contributed by atoms with E-state index >= 15 is 0 Å². The topological polar surface area (TPSA) is 109 Å². The Hall–Kier alpha value is -1.00. The Bertz CT molecular complexity index is 481. The van der Waals surface area contributed by atoms with E-state index in [1.165, 1.54) is 6.92 Å². The number of hydrogen-bond donors (Lipinski definition) is 2. The highest BCUT2D eigenvalue weighted by molar-refractivity contribution is 8.02. The van der Waals surface area contributed by atoms with Crippen LogP contribution in [0, 0.1) is 0 Å². The highest BCUT2D eigenvalue weighted by Crippen LogP contribution is 1.91. The lowest BCUT2D eigenvalue weighted by molar-refractivity contribution is -0.117. The second-order valence-electron chi connectivity index (χ2n) is 2.88. The summed E-state index contributed by atoms with van der Waals surface area (Å²) in [6, 6.07) is 0. The van der Waals surface area contributed by atoms with Gasteiger partial charge in [-0.25, -0.2) is 8.42 Å². The van der Waals surface area contributed by atoms with Gasteiger partial charge in [0.05, 0.1) is 5.75 Å². The Kier molecular flexibility index (Phi) is 5.03. The number of amides is 1. The van der Waals surface area contributed by atoms with Gasteiger partial charge in [0.15, 0.2) is 0 Å². The Labute approximate surface area is 93.1 Å². The molecule has 0 rings (SSSR count). The molecule has 0 aromatic rings. The lowest BCUT2D eigenvalue weighted by Crippen LogP contribution is -2.36. The van der Waals surface area contributed by atoms with E-state index in [0.717, 1.165) is 4.13 Å². The maximum Gasteiger partial charge on any atom is 0.385 e. The van der Waals surface area contributed by atoms with Gasteiger partial charge in [0, 0.05) is 12.1 Å². The van der Waals surface area contributed by atoms with Gasteiger partial charge in [0.1, 0.15) is 0 Å². The zero-order valence-corrected chi connectivity index (χ0v) is 9.99. The Morgan fingerprint density at radius 2 is 1.81 bits per heavy atom. The van der Waals surface area contributed by atoms with Gasteiger partial charge in [-0.3, -0.25) is 4.79 Å². The van der Waals surface area contributed by atoms with Crippen LogP contribution in [0.3, 0.4) is 0 Å². The van der Waals surface area contributed by atoms with Crippen LogP contribution in [0.4, 0.5) is 3.89 Å². The molecular formula is C6H11FN2O5S2. The van der Waals surface area contributed by atoms with E-state index < -0.39 is 32.1 Å². The third-order valence-corrected chi connectivity index (χ3v) is 3.82. The van der Waals surface area contributed by atoms with Gasteiger partial charge >= 0.3 is 10.4 Å². The van der Waals surface area contributed by atoms with Crippen molar-refractivity contribution in [1.29, 1.82) is 0 Å². The number of hydrogen-bond acceptors (Lipinski definition) is 5. The SMILES string of the molecule is C=C(C)C(=O)NCCS(=O)(=O)NS(=O)(=O)F. The van der Waals surface area contributed by atoms with Gasteiger partial charge in [0.2, 0.25) is 15.9 Å². The summed E-state index contributed by atoms with van der Waals surface area (Å²) in [4.78, 5) is 10.9. The third-order valence-electron chi connectivity index (χ3n) is 1.27. The molecule has 0 aromatic heterocycles. The van der Waals surface area contributed by atoms with E-state index in [4.69, 9.17) is 0 Å². The molecule has 0 spiro atoms. The molecule has 0 bridgehead atoms. The molecule has 0 unspecified atom stereocenters. The molecule has 0 saturated carbocycles. The number of nitrogens with one attached hydrogen (secondary N) is 2. The molecule has 0 heterocycles. The molecule has 0 aliphatic heterocycles. The van der Waals surface area contributed by atoms with E-state index in [2.05, 4.69) is 11.9 Å². The zero-order chi connectivity index (χ0) is 13.0. The predicted octanol–water partition coefficient (Wildman–Crippen LogP) is -1.19. The first-order chi connectivity index (χ1) is 7.03. The minimum Gasteiger partial charge on any atom is -0.351 e. The summed E-state index contributed by atoms with van der Waals surface area (Å²) in [5, 5.41) is 2.15. The Morgan fingerprint density at radius 3 is 2.19 bits per heavy atom. The van der Waals surface area contributed by atoms with Crippen molar-refractivity contribution in [2.45, 2.75) is 6.92 Å². The average molecular weight is 274 g/mol. The van der Waals surface area contributed by atoms with Crippen LogP contribution in [0.15, 0.2) is 12.2 Å². The van der Waals surface area contributed by atoms with Crippen molar-refractivity contribution in [3.63, 3.8) is 0 Å². The summed E-state index contributed by atoms with van der Waals surface area (Å²) in [5.74, 6) is -1.33. The van der Waals surface area contributed by atoms with Crippen LogP contribution in [0.2, 0.25) is 0 Å². The summed E-state index contributed by atoms with van der Waals surface area (Å²) >= 11 is 0. The molecule has 0 saturated heterocycles. The monoisotopic (exact) mass is 274 g/mol. The standard InChI is InChI=1S/C6H11FN2O5S2/c1-5(2)6(10)8-3-4-15(11,12)9-16(7,13)14/h9H,1,3-4H2,2H3,(H,8,10). The molecule has 94 valence electrons. The van der Waals surface area contributed by atoms with Gasteiger partial charge in [-0.2, -0.15) is 8.42 Å². The molecular weight excluding hydrogens is 263 g/mol. The summed E-state index contributed by atoms with van der Waals surface area (Å²) in [7, 11) is -9.64. The van der Waals surface area contributed by atoms with Crippen LogP contribution < -0.4 is 9.44 Å². The quantitative estimate of drug-likeness (QED) is 0.467. The van der Waals surface area contributed by atoms with Gasteiger partial charge in [0.25, 0.3) is 0 Å². The van der Waals surface area contributed by atoms with Crippen LogP contribution in [-0.4, -0.2) is 35.0 Å². The zero-order valence-electron chi connectivity index (χ0n) is 8.36. The summed E-state index contributed by atoms with van der Waals surface area (Å²) in [5.41, 5.74) is 0.170. The fraction of sp³-hybridized carbons (Fsp3) is 0.500. The molecule has 0 aliphatic rings. The van der Waals surface area contributed by atoms with Gasteiger partial charge in [-0.05, 0) is 6.92 Å². The summed E-state index contributed by atoms with van der Waals surface area (Å²) in [6.45, 7) is 4.36. The molecule has 0 radical (unpaired) electrons. The summed E-state index contributed by atoms with van der Waals surface area (Å²) in [6.07, 6.45) is 0. The largest absolute Gasteiger partial charge is 0.385 e. The Morgan fingerprint density at radius 1 is 1.31 bits per heavy atom. The van der Waals surface area contributed by atoms with Crippen molar-refractivity contribution in [2.75, 3.05) is 12.3 Å². The van der Waals surface area contributed by atoms with Gasteiger partial charge < -0.3 is 5.32 Å². The van der Waals surface area contributed by atoms with E-state index in [1.54, 1.807) is 0 Å². The minimum atomic E-state index is -5.32. The maximum absolute atomic E-state index is 12.0. The second kappa shape index (κ2) is 5.37. The maximum atomic E-state index is 12.0. The molecule has 2 N–H and O–H groups in total. The van der Waals surface area contributed by atoms with E-state index in [-0.39, 0.29) is 12.1 Å². The summed E-state index contributed by atoms with van der Waals surface area (Å²) < 4.78 is 54.6. The van der Waals surface area contributed by atoms with Crippen LogP contribution in [-0.2, 0) is 25.2 Å². The highest BCUT2D eigenvalue weighted by Gasteiger charge is 2.19. The van der Waals surface area contributed by atoms with Crippen LogP contribution in [0.5, 0.6) is 0 Å².